The Labute approximate surface area is 166 Å². The van der Waals surface area contributed by atoms with Crippen molar-refractivity contribution in [2.45, 2.75) is 6.61 Å². The summed E-state index contributed by atoms with van der Waals surface area (Å²) in [6.07, 6.45) is 1.29. The van der Waals surface area contributed by atoms with Crippen molar-refractivity contribution >= 4 is 23.7 Å². The highest BCUT2D eigenvalue weighted by Crippen LogP contribution is 2.20. The van der Waals surface area contributed by atoms with Crippen LogP contribution in [0, 0.1) is 0 Å². The number of carbonyl (C=O) groups is 1. The van der Waals surface area contributed by atoms with Gasteiger partial charge in [-0.1, -0.05) is 23.7 Å². The molecule has 0 aliphatic heterocycles. The van der Waals surface area contributed by atoms with E-state index in [9.17, 15) is 15.0 Å². The molecule has 0 bridgehead atoms. The summed E-state index contributed by atoms with van der Waals surface area (Å²) in [5.74, 6) is 0.0278. The van der Waals surface area contributed by atoms with Crippen molar-refractivity contribution in [2.24, 2.45) is 5.10 Å². The van der Waals surface area contributed by atoms with Gasteiger partial charge in [-0.3, -0.25) is 4.79 Å². The first-order valence-electron chi connectivity index (χ1n) is 8.34. The maximum atomic E-state index is 12.1. The van der Waals surface area contributed by atoms with E-state index in [0.29, 0.717) is 28.5 Å². The Bertz CT molecular complexity index is 986. The lowest BCUT2D eigenvalue weighted by Crippen LogP contribution is -2.17. The fourth-order valence-electron chi connectivity index (χ4n) is 2.32. The van der Waals surface area contributed by atoms with Crippen LogP contribution in [0.3, 0.4) is 0 Å². The zero-order chi connectivity index (χ0) is 19.9. The van der Waals surface area contributed by atoms with Gasteiger partial charge in [0.15, 0.2) is 0 Å². The van der Waals surface area contributed by atoms with Gasteiger partial charge in [-0.05, 0) is 54.1 Å². The molecule has 0 radical (unpaired) electrons. The fraction of sp³-hybridized carbons (Fsp3) is 0.0476. The summed E-state index contributed by atoms with van der Waals surface area (Å²) in [5, 5.41) is 23.4. The molecule has 1 amide bonds. The van der Waals surface area contributed by atoms with Crippen molar-refractivity contribution in [2.75, 3.05) is 0 Å². The van der Waals surface area contributed by atoms with Gasteiger partial charge in [-0.2, -0.15) is 5.10 Å². The zero-order valence-corrected chi connectivity index (χ0v) is 15.4. The first-order valence-corrected chi connectivity index (χ1v) is 8.72. The molecule has 0 aliphatic carbocycles. The van der Waals surface area contributed by atoms with E-state index in [2.05, 4.69) is 10.5 Å². The van der Waals surface area contributed by atoms with Gasteiger partial charge in [0.1, 0.15) is 23.9 Å². The highest BCUT2D eigenvalue weighted by molar-refractivity contribution is 6.30. The molecule has 0 saturated carbocycles. The maximum absolute atomic E-state index is 12.1. The van der Waals surface area contributed by atoms with E-state index in [1.54, 1.807) is 36.4 Å². The van der Waals surface area contributed by atoms with E-state index in [1.165, 1.54) is 24.4 Å². The average Bonchev–Trinajstić information content (AvgIpc) is 2.69. The molecule has 0 aliphatic rings. The Morgan fingerprint density at radius 1 is 1.04 bits per heavy atom. The Hall–Kier alpha value is -3.51. The fourth-order valence-corrected chi connectivity index (χ4v) is 2.44. The van der Waals surface area contributed by atoms with Crippen molar-refractivity contribution in [1.82, 2.24) is 5.43 Å². The van der Waals surface area contributed by atoms with Crippen LogP contribution in [0.4, 0.5) is 0 Å². The number of rotatable bonds is 6. The topological polar surface area (TPSA) is 91.2 Å². The number of hydrazone groups is 1. The van der Waals surface area contributed by atoms with Gasteiger partial charge in [-0.25, -0.2) is 5.43 Å². The average molecular weight is 397 g/mol. The number of nitrogens with zero attached hydrogens (tertiary/aromatic N) is 1. The van der Waals surface area contributed by atoms with E-state index >= 15 is 0 Å². The summed E-state index contributed by atoms with van der Waals surface area (Å²) < 4.78 is 5.68. The molecule has 0 saturated heterocycles. The molecule has 0 aromatic heterocycles. The minimum Gasteiger partial charge on any atom is -0.508 e. The second-order valence-electron chi connectivity index (χ2n) is 5.88. The summed E-state index contributed by atoms with van der Waals surface area (Å²) in [7, 11) is 0. The summed E-state index contributed by atoms with van der Waals surface area (Å²) in [6, 6.07) is 18.1. The van der Waals surface area contributed by atoms with Crippen molar-refractivity contribution in [1.29, 1.82) is 0 Å². The number of amides is 1. The van der Waals surface area contributed by atoms with Crippen LogP contribution < -0.4 is 10.2 Å². The highest BCUT2D eigenvalue weighted by atomic mass is 35.5. The van der Waals surface area contributed by atoms with E-state index in [4.69, 9.17) is 16.3 Å². The van der Waals surface area contributed by atoms with Crippen LogP contribution in [0.25, 0.3) is 0 Å². The molecule has 0 atom stereocenters. The van der Waals surface area contributed by atoms with Crippen LogP contribution in [-0.2, 0) is 6.61 Å². The number of phenolic OH excluding ortho intramolecular Hbond substituents is 2. The summed E-state index contributed by atoms with van der Waals surface area (Å²) in [5.41, 5.74) is 4.13. The minimum atomic E-state index is -0.404. The van der Waals surface area contributed by atoms with E-state index in [-0.39, 0.29) is 11.5 Å². The molecule has 0 heterocycles. The van der Waals surface area contributed by atoms with Crippen molar-refractivity contribution in [3.8, 4) is 17.2 Å². The third-order valence-electron chi connectivity index (χ3n) is 3.82. The standard InChI is InChI=1S/C21H17ClN2O4/c22-17-6-1-14(2-7-17)13-28-19-9-4-15(5-10-19)21(27)24-23-12-16-3-8-18(25)11-20(16)26/h1-12,25-26H,13H2,(H,24,27)/b23-12-. The van der Waals surface area contributed by atoms with Gasteiger partial charge in [-0.15, -0.1) is 0 Å². The van der Waals surface area contributed by atoms with Crippen LogP contribution in [-0.4, -0.2) is 22.3 Å². The van der Waals surface area contributed by atoms with Crippen LogP contribution in [0.2, 0.25) is 5.02 Å². The third-order valence-corrected chi connectivity index (χ3v) is 4.07. The predicted octanol–water partition coefficient (Wildman–Crippen LogP) is 4.09. The van der Waals surface area contributed by atoms with Crippen LogP contribution in [0.1, 0.15) is 21.5 Å². The van der Waals surface area contributed by atoms with Crippen molar-refractivity contribution < 1.29 is 19.7 Å². The molecule has 3 aromatic carbocycles. The summed E-state index contributed by atoms with van der Waals surface area (Å²) in [6.45, 7) is 0.392. The molecule has 3 N–H and O–H groups in total. The van der Waals surface area contributed by atoms with E-state index in [1.807, 2.05) is 12.1 Å². The smallest absolute Gasteiger partial charge is 0.271 e. The lowest BCUT2D eigenvalue weighted by atomic mass is 10.2. The van der Waals surface area contributed by atoms with Gasteiger partial charge >= 0.3 is 0 Å². The first kappa shape index (κ1) is 19.3. The summed E-state index contributed by atoms with van der Waals surface area (Å²) >= 11 is 5.85. The number of nitrogens with one attached hydrogen (secondary N) is 1. The number of benzene rings is 3. The molecule has 3 aromatic rings. The van der Waals surface area contributed by atoms with Gasteiger partial charge in [0.05, 0.1) is 6.21 Å². The number of hydrogen-bond donors (Lipinski definition) is 3. The van der Waals surface area contributed by atoms with Gasteiger partial charge in [0.2, 0.25) is 0 Å². The zero-order valence-electron chi connectivity index (χ0n) is 14.7. The molecule has 28 heavy (non-hydrogen) atoms. The van der Waals surface area contributed by atoms with Gasteiger partial charge < -0.3 is 14.9 Å². The molecule has 6 nitrogen and oxygen atoms in total. The second-order valence-corrected chi connectivity index (χ2v) is 6.32. The largest absolute Gasteiger partial charge is 0.508 e. The normalized spacial score (nSPS) is 10.8. The Morgan fingerprint density at radius 2 is 1.75 bits per heavy atom. The monoisotopic (exact) mass is 396 g/mol. The quantitative estimate of drug-likeness (QED) is 0.432. The molecule has 0 unspecified atom stereocenters. The van der Waals surface area contributed by atoms with Crippen LogP contribution >= 0.6 is 11.6 Å². The molecule has 0 spiro atoms. The van der Waals surface area contributed by atoms with Crippen molar-refractivity contribution in [3.63, 3.8) is 0 Å². The lowest BCUT2D eigenvalue weighted by molar-refractivity contribution is 0.0955. The van der Waals surface area contributed by atoms with E-state index in [0.717, 1.165) is 5.56 Å². The summed E-state index contributed by atoms with van der Waals surface area (Å²) in [4.78, 5) is 12.1. The number of phenols is 2. The number of aromatic hydroxyl groups is 2. The molecular formula is C21H17ClN2O4. The maximum Gasteiger partial charge on any atom is 0.271 e. The number of halogens is 1. The Kier molecular flexibility index (Phi) is 6.14. The minimum absolute atomic E-state index is 0.0583. The second kappa shape index (κ2) is 8.92. The molecule has 7 heteroatoms. The lowest BCUT2D eigenvalue weighted by Gasteiger charge is -2.07. The van der Waals surface area contributed by atoms with Gasteiger partial charge in [0.25, 0.3) is 5.91 Å². The van der Waals surface area contributed by atoms with Gasteiger partial charge in [0, 0.05) is 22.2 Å². The third kappa shape index (κ3) is 5.25. The SMILES string of the molecule is O=C(N/N=C\c1ccc(O)cc1O)c1ccc(OCc2ccc(Cl)cc2)cc1. The van der Waals surface area contributed by atoms with Crippen LogP contribution in [0.15, 0.2) is 71.8 Å². The number of hydrogen-bond acceptors (Lipinski definition) is 5. The molecule has 142 valence electrons. The predicted molar refractivity (Wildman–Crippen MR) is 107 cm³/mol. The number of ether oxygens (including phenoxy) is 1. The molecule has 0 fully saturated rings. The van der Waals surface area contributed by atoms with E-state index < -0.39 is 5.91 Å². The van der Waals surface area contributed by atoms with Crippen LogP contribution in [0.5, 0.6) is 17.2 Å². The highest BCUT2D eigenvalue weighted by Gasteiger charge is 2.05. The molecule has 3 rings (SSSR count). The number of carbonyl (C=O) groups excluding carboxylic acids is 1. The Morgan fingerprint density at radius 3 is 2.43 bits per heavy atom. The van der Waals surface area contributed by atoms with Crippen molar-refractivity contribution in [3.05, 3.63) is 88.4 Å². The first-order chi connectivity index (χ1) is 13.5. The molecular weight excluding hydrogens is 380 g/mol. The Balaban J connectivity index is 1.54.